The highest BCUT2D eigenvalue weighted by Gasteiger charge is 2.11. The summed E-state index contributed by atoms with van der Waals surface area (Å²) < 4.78 is 25.4. The van der Waals surface area contributed by atoms with Gasteiger partial charge in [0.1, 0.15) is 0 Å². The van der Waals surface area contributed by atoms with Gasteiger partial charge in [0, 0.05) is 23.7 Å². The van der Waals surface area contributed by atoms with E-state index in [2.05, 4.69) is 10.0 Å². The predicted molar refractivity (Wildman–Crippen MR) is 72.6 cm³/mol. The molecule has 18 heavy (non-hydrogen) atoms. The third kappa shape index (κ3) is 4.54. The number of sulfonamides is 1. The van der Waals surface area contributed by atoms with E-state index in [9.17, 15) is 13.2 Å². The van der Waals surface area contributed by atoms with Crippen molar-refractivity contribution in [3.63, 3.8) is 0 Å². The number of benzene rings is 1. The topological polar surface area (TPSA) is 75.3 Å². The minimum atomic E-state index is -3.45. The number of amides is 1. The molecule has 1 rings (SSSR count). The molecule has 0 radical (unpaired) electrons. The molecular formula is C11H15ClN2O3S. The van der Waals surface area contributed by atoms with Crippen LogP contribution in [0, 0.1) is 0 Å². The Morgan fingerprint density at radius 1 is 1.39 bits per heavy atom. The van der Waals surface area contributed by atoms with Gasteiger partial charge in [0.2, 0.25) is 10.0 Å². The SMILES string of the molecule is CCNC(=O)c1cccc(NS(=O)(=O)CCCl)c1. The molecule has 1 aromatic rings. The smallest absolute Gasteiger partial charge is 0.251 e. The van der Waals surface area contributed by atoms with Crippen molar-refractivity contribution in [1.82, 2.24) is 5.32 Å². The third-order valence-corrected chi connectivity index (χ3v) is 3.78. The van der Waals surface area contributed by atoms with Gasteiger partial charge >= 0.3 is 0 Å². The van der Waals surface area contributed by atoms with Crippen molar-refractivity contribution in [2.45, 2.75) is 6.92 Å². The summed E-state index contributed by atoms with van der Waals surface area (Å²) in [6, 6.07) is 6.29. The van der Waals surface area contributed by atoms with Crippen molar-refractivity contribution >= 4 is 33.2 Å². The molecule has 0 spiro atoms. The molecule has 0 bridgehead atoms. The third-order valence-electron chi connectivity index (χ3n) is 2.08. The van der Waals surface area contributed by atoms with Crippen LogP contribution in [0.25, 0.3) is 0 Å². The minimum absolute atomic E-state index is 0.0192. The first-order valence-corrected chi connectivity index (χ1v) is 7.62. The van der Waals surface area contributed by atoms with Crippen molar-refractivity contribution in [1.29, 1.82) is 0 Å². The van der Waals surface area contributed by atoms with E-state index in [0.29, 0.717) is 17.8 Å². The van der Waals surface area contributed by atoms with Crippen molar-refractivity contribution in [2.75, 3.05) is 22.9 Å². The molecule has 7 heteroatoms. The van der Waals surface area contributed by atoms with Crippen LogP contribution in [0.2, 0.25) is 0 Å². The molecule has 0 aliphatic rings. The second-order valence-corrected chi connectivity index (χ2v) is 5.77. The van der Waals surface area contributed by atoms with Crippen LogP contribution in [0.15, 0.2) is 24.3 Å². The summed E-state index contributed by atoms with van der Waals surface area (Å²) in [6.45, 7) is 2.33. The maximum absolute atomic E-state index is 11.6. The molecule has 100 valence electrons. The van der Waals surface area contributed by atoms with Gasteiger partial charge in [-0.15, -0.1) is 11.6 Å². The molecule has 0 saturated carbocycles. The van der Waals surface area contributed by atoms with Gasteiger partial charge in [0.25, 0.3) is 5.91 Å². The Labute approximate surface area is 112 Å². The summed E-state index contributed by atoms with van der Waals surface area (Å²) in [5.41, 5.74) is 0.756. The fraction of sp³-hybridized carbons (Fsp3) is 0.364. The Morgan fingerprint density at radius 3 is 2.72 bits per heavy atom. The zero-order valence-electron chi connectivity index (χ0n) is 9.94. The Kier molecular flexibility index (Phi) is 5.43. The average Bonchev–Trinajstić information content (AvgIpc) is 2.28. The fourth-order valence-electron chi connectivity index (χ4n) is 1.32. The van der Waals surface area contributed by atoms with Crippen molar-refractivity contribution < 1.29 is 13.2 Å². The molecular weight excluding hydrogens is 276 g/mol. The maximum atomic E-state index is 11.6. The summed E-state index contributed by atoms with van der Waals surface area (Å²) in [7, 11) is -3.45. The number of alkyl halides is 1. The van der Waals surface area contributed by atoms with E-state index in [0.717, 1.165) is 0 Å². The second-order valence-electron chi connectivity index (χ2n) is 3.55. The monoisotopic (exact) mass is 290 g/mol. The number of anilines is 1. The summed E-state index contributed by atoms with van der Waals surface area (Å²) in [5, 5.41) is 2.64. The molecule has 1 aromatic carbocycles. The lowest BCUT2D eigenvalue weighted by atomic mass is 10.2. The summed E-state index contributed by atoms with van der Waals surface area (Å²) >= 11 is 5.39. The Balaban J connectivity index is 2.86. The van der Waals surface area contributed by atoms with Crippen LogP contribution < -0.4 is 10.0 Å². The van der Waals surface area contributed by atoms with E-state index < -0.39 is 10.0 Å². The number of carbonyl (C=O) groups is 1. The average molecular weight is 291 g/mol. The normalized spacial score (nSPS) is 11.0. The van der Waals surface area contributed by atoms with E-state index in [1.807, 2.05) is 6.92 Å². The van der Waals surface area contributed by atoms with E-state index in [1.54, 1.807) is 18.2 Å². The van der Waals surface area contributed by atoms with Gasteiger partial charge in [-0.3, -0.25) is 9.52 Å². The van der Waals surface area contributed by atoms with Gasteiger partial charge in [0.15, 0.2) is 0 Å². The summed E-state index contributed by atoms with van der Waals surface area (Å²) in [4.78, 5) is 11.6. The van der Waals surface area contributed by atoms with Crippen molar-refractivity contribution in [2.24, 2.45) is 0 Å². The predicted octanol–water partition coefficient (Wildman–Crippen LogP) is 1.42. The van der Waals surface area contributed by atoms with Crippen LogP contribution in [0.1, 0.15) is 17.3 Å². The maximum Gasteiger partial charge on any atom is 0.251 e. The van der Waals surface area contributed by atoms with Crippen molar-refractivity contribution in [3.8, 4) is 0 Å². The quantitative estimate of drug-likeness (QED) is 0.778. The van der Waals surface area contributed by atoms with Crippen LogP contribution in [-0.4, -0.2) is 32.5 Å². The lowest BCUT2D eigenvalue weighted by molar-refractivity contribution is 0.0956. The second kappa shape index (κ2) is 6.61. The zero-order valence-corrected chi connectivity index (χ0v) is 11.5. The van der Waals surface area contributed by atoms with Gasteiger partial charge in [-0.05, 0) is 25.1 Å². The molecule has 0 atom stereocenters. The van der Waals surface area contributed by atoms with E-state index in [-0.39, 0.29) is 17.5 Å². The van der Waals surface area contributed by atoms with Gasteiger partial charge < -0.3 is 5.32 Å². The molecule has 0 heterocycles. The lowest BCUT2D eigenvalue weighted by Crippen LogP contribution is -2.23. The summed E-state index contributed by atoms with van der Waals surface area (Å²) in [6.07, 6.45) is 0. The standard InChI is InChI=1S/C11H15ClN2O3S/c1-2-13-11(15)9-4-3-5-10(8-9)14-18(16,17)7-6-12/h3-5,8,14H,2,6-7H2,1H3,(H,13,15). The first kappa shape index (κ1) is 14.8. The number of carbonyl (C=O) groups excluding carboxylic acids is 1. The van der Waals surface area contributed by atoms with Crippen LogP contribution in [0.3, 0.4) is 0 Å². The molecule has 0 unspecified atom stereocenters. The highest BCUT2D eigenvalue weighted by atomic mass is 35.5. The van der Waals surface area contributed by atoms with Crippen LogP contribution in [0.5, 0.6) is 0 Å². The molecule has 2 N–H and O–H groups in total. The zero-order chi connectivity index (χ0) is 13.6. The Bertz CT molecular complexity index is 517. The van der Waals surface area contributed by atoms with Crippen LogP contribution in [-0.2, 0) is 10.0 Å². The van der Waals surface area contributed by atoms with Crippen LogP contribution >= 0.6 is 11.6 Å². The fourth-order valence-corrected chi connectivity index (χ4v) is 2.72. The number of hydrogen-bond donors (Lipinski definition) is 2. The van der Waals surface area contributed by atoms with Crippen molar-refractivity contribution in [3.05, 3.63) is 29.8 Å². The molecule has 0 aromatic heterocycles. The Hall–Kier alpha value is -1.27. The molecule has 0 aliphatic heterocycles. The summed E-state index contributed by atoms with van der Waals surface area (Å²) in [5.74, 6) is -0.387. The molecule has 5 nitrogen and oxygen atoms in total. The molecule has 1 amide bonds. The first-order chi connectivity index (χ1) is 8.48. The van der Waals surface area contributed by atoms with Gasteiger partial charge in [-0.2, -0.15) is 0 Å². The largest absolute Gasteiger partial charge is 0.352 e. The highest BCUT2D eigenvalue weighted by molar-refractivity contribution is 7.92. The molecule has 0 saturated heterocycles. The van der Waals surface area contributed by atoms with E-state index in [4.69, 9.17) is 11.6 Å². The van der Waals surface area contributed by atoms with Gasteiger partial charge in [-0.1, -0.05) is 6.07 Å². The Morgan fingerprint density at radius 2 is 2.11 bits per heavy atom. The van der Waals surface area contributed by atoms with Gasteiger partial charge in [0.05, 0.1) is 5.75 Å². The number of hydrogen-bond acceptors (Lipinski definition) is 3. The van der Waals surface area contributed by atoms with E-state index in [1.165, 1.54) is 6.07 Å². The molecule has 0 fully saturated rings. The first-order valence-electron chi connectivity index (χ1n) is 5.43. The number of halogens is 1. The van der Waals surface area contributed by atoms with Gasteiger partial charge in [-0.25, -0.2) is 8.42 Å². The molecule has 0 aliphatic carbocycles. The van der Waals surface area contributed by atoms with Crippen LogP contribution in [0.4, 0.5) is 5.69 Å². The minimum Gasteiger partial charge on any atom is -0.352 e. The highest BCUT2D eigenvalue weighted by Crippen LogP contribution is 2.12. The van der Waals surface area contributed by atoms with E-state index >= 15 is 0 Å². The number of nitrogens with one attached hydrogen (secondary N) is 2. The lowest BCUT2D eigenvalue weighted by Gasteiger charge is -2.08. The number of rotatable bonds is 6.